The molecule has 0 amide bonds. The number of hydrogen-bond acceptors (Lipinski definition) is 16. The molecule has 518 valence electrons. The van der Waals surface area contributed by atoms with Crippen LogP contribution in [0.1, 0.15) is 22.3 Å². The Balaban J connectivity index is 0.000000129. The van der Waals surface area contributed by atoms with E-state index >= 15 is 0 Å². The van der Waals surface area contributed by atoms with Crippen LogP contribution in [0.2, 0.25) is 0 Å². The first-order valence-electron chi connectivity index (χ1n) is 34.8. The summed E-state index contributed by atoms with van der Waals surface area (Å²) >= 11 is 3.45. The van der Waals surface area contributed by atoms with Crippen LogP contribution in [0.4, 0.5) is 69.0 Å². The topological polar surface area (TPSA) is 168 Å². The molecular formula is C90H74N12O2S2. The molecule has 0 radical (unpaired) electrons. The molecule has 0 bridgehead atoms. The van der Waals surface area contributed by atoms with Crippen molar-refractivity contribution in [1.29, 1.82) is 0 Å². The molecule has 3 aromatic heterocycles. The van der Waals surface area contributed by atoms with E-state index in [1.165, 1.54) is 32.0 Å². The van der Waals surface area contributed by atoms with E-state index in [1.54, 1.807) is 23.5 Å². The average molecular weight is 1420 g/mol. The zero-order valence-corrected chi connectivity index (χ0v) is 60.8. The normalized spacial score (nSPS) is 11.0. The fourth-order valence-corrected chi connectivity index (χ4v) is 12.8. The summed E-state index contributed by atoms with van der Waals surface area (Å²) in [5, 5.41) is 27.6. The van der Waals surface area contributed by atoms with Crippen LogP contribution in [0.5, 0.6) is 23.0 Å². The van der Waals surface area contributed by atoms with Crippen LogP contribution in [0.3, 0.4) is 0 Å². The molecule has 6 N–H and O–H groups in total. The molecule has 0 unspecified atom stereocenters. The molecule has 17 rings (SSSR count). The number of aromatic nitrogens is 6. The number of hydrogen-bond donors (Lipinski definition) is 6. The summed E-state index contributed by atoms with van der Waals surface area (Å²) in [7, 11) is 0. The molecule has 0 aliphatic rings. The maximum Gasteiger partial charge on any atom is 0.174 e. The van der Waals surface area contributed by atoms with Crippen LogP contribution in [0, 0.1) is 27.7 Å². The molecule has 106 heavy (non-hydrogen) atoms. The van der Waals surface area contributed by atoms with Crippen LogP contribution in [0.25, 0.3) is 65.4 Å². The number of fused-ring (bicyclic) bond motifs is 6. The van der Waals surface area contributed by atoms with Crippen molar-refractivity contribution in [2.24, 2.45) is 0 Å². The van der Waals surface area contributed by atoms with E-state index in [0.717, 1.165) is 123 Å². The predicted molar refractivity (Wildman–Crippen MR) is 445 cm³/mol. The Morgan fingerprint density at radius 2 is 0.434 bits per heavy atom. The standard InChI is InChI=1S/C36H26N4O2.C28H26N4.C26H22N4S2/c1-3-11-29(12-4-1)41-31-19-15-27(16-20-31)37-35-36(40-34-24-26-10-8-7-9-25(26)23-33(34)39-35)38-28-17-21-32(22-18-28)42-30-13-5-2-6-14-30;1-17-9-11-23(13-19(17)3)29-27-28(30-24-12-10-18(2)20(4)14-24)32-26-16-22-8-6-5-7-21(22)15-25(26)31-27;1-31-21-11-7-19(8-12-21)27-25-26(28-20-9-13-22(32-2)14-10-20)30-24-16-18-6-4-3-5-17(18)15-23(24)29-25/h1-24H,(H,37,39)(H,38,40);5-16H,1-4H3,(H,29,31)(H,30,32);3-16H,1-2H3,(H,27,29)(H,28,30). The zero-order chi connectivity index (χ0) is 72.3. The number of aryl methyl sites for hydroxylation is 4. The van der Waals surface area contributed by atoms with Crippen molar-refractivity contribution >= 4 is 158 Å². The van der Waals surface area contributed by atoms with Gasteiger partial charge in [0, 0.05) is 43.9 Å². The van der Waals surface area contributed by atoms with Crippen molar-refractivity contribution in [3.63, 3.8) is 0 Å². The number of ether oxygens (including phenoxy) is 2. The molecule has 0 atom stereocenters. The van der Waals surface area contributed by atoms with Gasteiger partial charge in [-0.25, -0.2) is 29.9 Å². The first-order valence-corrected chi connectivity index (χ1v) is 37.2. The van der Waals surface area contributed by atoms with Crippen molar-refractivity contribution < 1.29 is 9.47 Å². The highest BCUT2D eigenvalue weighted by atomic mass is 32.2. The largest absolute Gasteiger partial charge is 0.457 e. The first-order chi connectivity index (χ1) is 51.9. The molecule has 14 aromatic carbocycles. The quantitative estimate of drug-likeness (QED) is 0.0354. The Hall–Kier alpha value is -13.0. The monoisotopic (exact) mass is 1420 g/mol. The fourth-order valence-electron chi connectivity index (χ4n) is 12.0. The van der Waals surface area contributed by atoms with Crippen molar-refractivity contribution in [3.05, 3.63) is 326 Å². The highest BCUT2D eigenvalue weighted by molar-refractivity contribution is 7.98. The average Bonchev–Trinajstić information content (AvgIpc) is 0.789. The maximum absolute atomic E-state index is 5.95. The highest BCUT2D eigenvalue weighted by Crippen LogP contribution is 2.37. The zero-order valence-electron chi connectivity index (χ0n) is 59.2. The molecule has 17 aromatic rings. The summed E-state index contributed by atoms with van der Waals surface area (Å²) in [5.41, 5.74) is 15.7. The van der Waals surface area contributed by atoms with Crippen LogP contribution < -0.4 is 41.4 Å². The molecule has 3 heterocycles. The van der Waals surface area contributed by atoms with E-state index in [4.69, 9.17) is 39.4 Å². The van der Waals surface area contributed by atoms with Gasteiger partial charge in [0.1, 0.15) is 23.0 Å². The Morgan fingerprint density at radius 1 is 0.217 bits per heavy atom. The van der Waals surface area contributed by atoms with Gasteiger partial charge in [-0.2, -0.15) is 0 Å². The van der Waals surface area contributed by atoms with Gasteiger partial charge in [-0.05, 0) is 277 Å². The number of nitrogens with zero attached hydrogens (tertiary/aromatic N) is 6. The van der Waals surface area contributed by atoms with Crippen LogP contribution in [0.15, 0.2) is 313 Å². The van der Waals surface area contributed by atoms with Crippen molar-refractivity contribution in [3.8, 4) is 23.0 Å². The molecular weight excluding hydrogens is 1350 g/mol. The molecule has 14 nitrogen and oxygen atoms in total. The minimum absolute atomic E-state index is 0.610. The van der Waals surface area contributed by atoms with Gasteiger partial charge in [0.15, 0.2) is 34.9 Å². The van der Waals surface area contributed by atoms with Crippen LogP contribution in [-0.2, 0) is 0 Å². The highest BCUT2D eigenvalue weighted by Gasteiger charge is 2.17. The van der Waals surface area contributed by atoms with Gasteiger partial charge in [0.25, 0.3) is 0 Å². The number of benzene rings is 14. The number of para-hydroxylation sites is 2. The van der Waals surface area contributed by atoms with Gasteiger partial charge >= 0.3 is 0 Å². The number of anilines is 12. The summed E-state index contributed by atoms with van der Waals surface area (Å²) in [4.78, 5) is 32.3. The Bertz CT molecular complexity index is 5620. The lowest BCUT2D eigenvalue weighted by Gasteiger charge is -2.15. The second-order valence-corrected chi connectivity index (χ2v) is 27.3. The van der Waals surface area contributed by atoms with E-state index in [2.05, 4.69) is 230 Å². The van der Waals surface area contributed by atoms with E-state index in [9.17, 15) is 0 Å². The molecule has 16 heteroatoms. The number of thioether (sulfide) groups is 2. The van der Waals surface area contributed by atoms with Gasteiger partial charge in [0.2, 0.25) is 0 Å². The van der Waals surface area contributed by atoms with Gasteiger partial charge < -0.3 is 41.4 Å². The summed E-state index contributed by atoms with van der Waals surface area (Å²) in [6.07, 6.45) is 4.15. The maximum atomic E-state index is 5.95. The van der Waals surface area contributed by atoms with Crippen molar-refractivity contribution in [2.45, 2.75) is 37.5 Å². The van der Waals surface area contributed by atoms with Crippen LogP contribution in [-0.4, -0.2) is 42.4 Å². The fraction of sp³-hybridized carbons (Fsp3) is 0.0667. The third-order valence-corrected chi connectivity index (χ3v) is 19.5. The summed E-state index contributed by atoms with van der Waals surface area (Å²) in [6.45, 7) is 8.47. The molecule has 0 saturated heterocycles. The van der Waals surface area contributed by atoms with Gasteiger partial charge in [-0.1, -0.05) is 121 Å². The predicted octanol–water partition coefficient (Wildman–Crippen LogP) is 25.1. The number of nitrogens with one attached hydrogen (secondary N) is 6. The minimum atomic E-state index is 0.610. The van der Waals surface area contributed by atoms with Crippen LogP contribution >= 0.6 is 23.5 Å². The van der Waals surface area contributed by atoms with Gasteiger partial charge in [-0.15, -0.1) is 23.5 Å². The van der Waals surface area contributed by atoms with E-state index in [0.29, 0.717) is 34.9 Å². The lowest BCUT2D eigenvalue weighted by molar-refractivity contribution is 0.482. The summed E-state index contributed by atoms with van der Waals surface area (Å²) in [6, 6.07) is 102. The minimum Gasteiger partial charge on any atom is -0.457 e. The molecule has 0 spiro atoms. The smallest absolute Gasteiger partial charge is 0.174 e. The van der Waals surface area contributed by atoms with E-state index in [1.807, 2.05) is 146 Å². The summed E-state index contributed by atoms with van der Waals surface area (Å²) < 4.78 is 11.9. The lowest BCUT2D eigenvalue weighted by Crippen LogP contribution is -2.04. The SMILES string of the molecule is CSc1ccc(Nc2nc3cc4ccccc4cc3nc2Nc2ccc(SC)cc2)cc1.Cc1ccc(Nc2nc3cc4ccccc4cc3nc2Nc2ccc(C)c(C)c2)cc1C.c1ccc(Oc2ccc(Nc3nc4cc5ccccc5cc4nc3Nc3ccc(Oc4ccccc4)cc3)cc2)cc1. The number of rotatable bonds is 18. The van der Waals surface area contributed by atoms with E-state index in [-0.39, 0.29) is 0 Å². The molecule has 0 fully saturated rings. The molecule has 0 saturated carbocycles. The van der Waals surface area contributed by atoms with Gasteiger partial charge in [0.05, 0.1) is 33.1 Å². The Kier molecular flexibility index (Phi) is 20.6. The second-order valence-electron chi connectivity index (χ2n) is 25.5. The molecule has 0 aliphatic heterocycles. The summed E-state index contributed by atoms with van der Waals surface area (Å²) in [5.74, 6) is 7.09. The van der Waals surface area contributed by atoms with Gasteiger partial charge in [-0.3, -0.25) is 0 Å². The lowest BCUT2D eigenvalue weighted by atomic mass is 10.1. The third kappa shape index (κ3) is 16.7. The first kappa shape index (κ1) is 68.7. The second kappa shape index (κ2) is 31.7. The Morgan fingerprint density at radius 3 is 0.679 bits per heavy atom. The Labute approximate surface area is 623 Å². The van der Waals surface area contributed by atoms with Crippen molar-refractivity contribution in [2.75, 3.05) is 44.4 Å². The van der Waals surface area contributed by atoms with Crippen molar-refractivity contribution in [1.82, 2.24) is 29.9 Å². The van der Waals surface area contributed by atoms with E-state index < -0.39 is 0 Å². The third-order valence-electron chi connectivity index (χ3n) is 18.0. The molecule has 0 aliphatic carbocycles.